The number of likely N-dealkylation sites (tertiary alicyclic amines) is 1. The summed E-state index contributed by atoms with van der Waals surface area (Å²) in [5.74, 6) is 0.0796. The summed E-state index contributed by atoms with van der Waals surface area (Å²) in [6, 6.07) is 1.38. The van der Waals surface area contributed by atoms with Gasteiger partial charge in [-0.1, -0.05) is 0 Å². The van der Waals surface area contributed by atoms with E-state index in [1.807, 2.05) is 11.0 Å². The number of nitrogens with one attached hydrogen (secondary N) is 1. The summed E-state index contributed by atoms with van der Waals surface area (Å²) in [5, 5.41) is 12.6. The molecule has 3 saturated carbocycles. The zero-order valence-electron chi connectivity index (χ0n) is 16.3. The van der Waals surface area contributed by atoms with Crippen molar-refractivity contribution in [2.75, 3.05) is 39.4 Å². The van der Waals surface area contributed by atoms with Crippen LogP contribution in [0.2, 0.25) is 0 Å². The number of ether oxygens (including phenoxy) is 1. The highest BCUT2D eigenvalue weighted by Crippen LogP contribution is 2.53. The predicted octanol–water partition coefficient (Wildman–Crippen LogP) is 0.990. The van der Waals surface area contributed by atoms with Crippen LogP contribution in [0.1, 0.15) is 44.9 Å². The third-order valence-corrected chi connectivity index (χ3v) is 7.33. The minimum atomic E-state index is -1.11. The highest BCUT2D eigenvalue weighted by atomic mass is 19.1. The summed E-state index contributed by atoms with van der Waals surface area (Å²) in [5.41, 5.74) is -0.354. The molecular formula is C20H29FN4O3. The van der Waals surface area contributed by atoms with Gasteiger partial charge in [0.05, 0.1) is 32.4 Å². The molecule has 8 heteroatoms. The fourth-order valence-electron chi connectivity index (χ4n) is 5.42. The van der Waals surface area contributed by atoms with E-state index in [0.29, 0.717) is 26.3 Å². The summed E-state index contributed by atoms with van der Waals surface area (Å²) < 4.78 is 18.9. The number of hydrogen-bond acceptors (Lipinski definition) is 5. The van der Waals surface area contributed by atoms with Gasteiger partial charge in [0.1, 0.15) is 12.2 Å². The molecule has 7 nitrogen and oxygen atoms in total. The topological polar surface area (TPSA) is 85.7 Å². The predicted molar refractivity (Wildman–Crippen MR) is 98.9 cm³/mol. The molecule has 28 heavy (non-hydrogen) atoms. The van der Waals surface area contributed by atoms with Crippen molar-refractivity contribution in [2.24, 2.45) is 5.41 Å². The van der Waals surface area contributed by atoms with Crippen LogP contribution in [0.3, 0.4) is 0 Å². The number of carbonyl (C=O) groups excluding carboxylic acids is 2. The van der Waals surface area contributed by atoms with Crippen LogP contribution in [0, 0.1) is 16.7 Å². The number of fused-ring (bicyclic) bond motifs is 3. The Morgan fingerprint density at radius 1 is 1.14 bits per heavy atom. The van der Waals surface area contributed by atoms with Crippen LogP contribution < -0.4 is 5.32 Å². The lowest BCUT2D eigenvalue weighted by Crippen LogP contribution is -2.61. The van der Waals surface area contributed by atoms with E-state index in [2.05, 4.69) is 5.32 Å². The Bertz CT molecular complexity index is 648. The summed E-state index contributed by atoms with van der Waals surface area (Å²) in [4.78, 5) is 28.9. The van der Waals surface area contributed by atoms with Crippen molar-refractivity contribution in [2.45, 2.75) is 62.7 Å². The van der Waals surface area contributed by atoms with E-state index in [1.165, 1.54) is 4.90 Å². The first-order chi connectivity index (χ1) is 13.5. The molecule has 1 N–H and O–H groups in total. The number of carbonyl (C=O) groups is 2. The molecule has 2 aliphatic heterocycles. The van der Waals surface area contributed by atoms with Gasteiger partial charge in [-0.3, -0.25) is 9.59 Å². The summed E-state index contributed by atoms with van der Waals surface area (Å²) >= 11 is 0. The molecule has 0 unspecified atom stereocenters. The Kier molecular flexibility index (Phi) is 5.32. The molecule has 2 amide bonds. The average molecular weight is 392 g/mol. The second-order valence-corrected chi connectivity index (χ2v) is 8.84. The first kappa shape index (κ1) is 19.6. The Morgan fingerprint density at radius 2 is 1.79 bits per heavy atom. The van der Waals surface area contributed by atoms with Gasteiger partial charge in [0.2, 0.25) is 11.8 Å². The quantitative estimate of drug-likeness (QED) is 0.771. The molecule has 3 aliphatic carbocycles. The standard InChI is InChI=1S/C20H29FN4O3/c21-15-11-16(12-22)25(14-15)17(26)13-23-20-4-1-19(2-5-20,3-6-20)18(27)24-7-9-28-10-8-24/h15-16,23H,1-11,13-14H2/t15-,16-,19?,20?/m0/s1. The van der Waals surface area contributed by atoms with Crippen LogP contribution in [-0.2, 0) is 14.3 Å². The Balaban J connectivity index is 1.32. The van der Waals surface area contributed by atoms with Crippen LogP contribution in [-0.4, -0.2) is 78.8 Å². The molecule has 5 rings (SSSR count). The Hall–Kier alpha value is -1.72. The molecule has 0 aromatic heterocycles. The van der Waals surface area contributed by atoms with Gasteiger partial charge in [-0.2, -0.15) is 5.26 Å². The molecule has 2 atom stereocenters. The van der Waals surface area contributed by atoms with Crippen molar-refractivity contribution < 1.29 is 18.7 Å². The minimum absolute atomic E-state index is 0.0168. The smallest absolute Gasteiger partial charge is 0.237 e. The molecule has 2 bridgehead atoms. The summed E-state index contributed by atoms with van der Waals surface area (Å²) in [7, 11) is 0. The summed E-state index contributed by atoms with van der Waals surface area (Å²) in [6.45, 7) is 2.76. The first-order valence-electron chi connectivity index (χ1n) is 10.4. The van der Waals surface area contributed by atoms with Gasteiger partial charge in [-0.25, -0.2) is 4.39 Å². The molecule has 5 fully saturated rings. The SMILES string of the molecule is N#C[C@@H]1C[C@H](F)CN1C(=O)CNC12CCC(C(=O)N3CCOCC3)(CC1)CC2. The van der Waals surface area contributed by atoms with Crippen molar-refractivity contribution in [1.82, 2.24) is 15.1 Å². The lowest BCUT2D eigenvalue weighted by molar-refractivity contribution is -0.154. The molecule has 0 aromatic carbocycles. The fourth-order valence-corrected chi connectivity index (χ4v) is 5.42. The number of halogens is 1. The normalized spacial score (nSPS) is 37.7. The Morgan fingerprint density at radius 3 is 2.39 bits per heavy atom. The number of morpholine rings is 1. The maximum Gasteiger partial charge on any atom is 0.237 e. The van der Waals surface area contributed by atoms with Gasteiger partial charge >= 0.3 is 0 Å². The number of alkyl halides is 1. The maximum atomic E-state index is 13.6. The van der Waals surface area contributed by atoms with Gasteiger partial charge in [-0.05, 0) is 38.5 Å². The van der Waals surface area contributed by atoms with E-state index in [4.69, 9.17) is 10.00 Å². The zero-order chi connectivity index (χ0) is 19.8. The second-order valence-electron chi connectivity index (χ2n) is 8.84. The molecule has 2 heterocycles. The molecule has 0 spiro atoms. The van der Waals surface area contributed by atoms with Crippen molar-refractivity contribution in [1.29, 1.82) is 5.26 Å². The maximum absolute atomic E-state index is 13.6. The monoisotopic (exact) mass is 392 g/mol. The van der Waals surface area contributed by atoms with E-state index in [9.17, 15) is 14.0 Å². The van der Waals surface area contributed by atoms with E-state index < -0.39 is 12.2 Å². The van der Waals surface area contributed by atoms with Crippen molar-refractivity contribution in [3.8, 4) is 6.07 Å². The van der Waals surface area contributed by atoms with Gasteiger partial charge in [0.25, 0.3) is 0 Å². The number of nitrogens with zero attached hydrogens (tertiary/aromatic N) is 3. The second kappa shape index (κ2) is 7.60. The van der Waals surface area contributed by atoms with Crippen LogP contribution in [0.4, 0.5) is 4.39 Å². The largest absolute Gasteiger partial charge is 0.378 e. The average Bonchev–Trinajstić information content (AvgIpc) is 3.14. The van der Waals surface area contributed by atoms with Crippen molar-refractivity contribution in [3.05, 3.63) is 0 Å². The highest BCUT2D eigenvalue weighted by molar-refractivity contribution is 5.83. The number of rotatable bonds is 4. The minimum Gasteiger partial charge on any atom is -0.378 e. The molecule has 5 aliphatic rings. The van der Waals surface area contributed by atoms with E-state index >= 15 is 0 Å². The van der Waals surface area contributed by atoms with E-state index in [-0.39, 0.29) is 42.3 Å². The van der Waals surface area contributed by atoms with E-state index in [1.54, 1.807) is 0 Å². The fraction of sp³-hybridized carbons (Fsp3) is 0.850. The summed E-state index contributed by atoms with van der Waals surface area (Å²) in [6.07, 6.45) is 4.18. The third kappa shape index (κ3) is 3.50. The third-order valence-electron chi connectivity index (χ3n) is 7.33. The lowest BCUT2D eigenvalue weighted by atomic mass is 9.56. The van der Waals surface area contributed by atoms with Gasteiger partial charge in [-0.15, -0.1) is 0 Å². The highest BCUT2D eigenvalue weighted by Gasteiger charge is 2.53. The van der Waals surface area contributed by atoms with Crippen LogP contribution in [0.15, 0.2) is 0 Å². The van der Waals surface area contributed by atoms with Gasteiger partial charge in [0, 0.05) is 30.5 Å². The van der Waals surface area contributed by atoms with Crippen LogP contribution in [0.5, 0.6) is 0 Å². The number of nitriles is 1. The Labute approximate surface area is 165 Å². The number of hydrogen-bond donors (Lipinski definition) is 1. The molecule has 2 saturated heterocycles. The van der Waals surface area contributed by atoms with Crippen molar-refractivity contribution >= 4 is 11.8 Å². The molecule has 0 aromatic rings. The van der Waals surface area contributed by atoms with Crippen LogP contribution >= 0.6 is 0 Å². The molecular weight excluding hydrogens is 363 g/mol. The van der Waals surface area contributed by atoms with Gasteiger partial charge in [0.15, 0.2) is 0 Å². The van der Waals surface area contributed by atoms with Gasteiger partial charge < -0.3 is 19.9 Å². The van der Waals surface area contributed by atoms with E-state index in [0.717, 1.165) is 38.5 Å². The van der Waals surface area contributed by atoms with Crippen molar-refractivity contribution in [3.63, 3.8) is 0 Å². The molecule has 0 radical (unpaired) electrons. The number of amides is 2. The van der Waals surface area contributed by atoms with Crippen LogP contribution in [0.25, 0.3) is 0 Å². The zero-order valence-corrected chi connectivity index (χ0v) is 16.3. The lowest BCUT2D eigenvalue weighted by Gasteiger charge is -2.54. The first-order valence-corrected chi connectivity index (χ1v) is 10.4. The molecule has 154 valence electrons.